The molecule has 0 amide bonds. The summed E-state index contributed by atoms with van der Waals surface area (Å²) >= 11 is 0. The molecular formula is C15H13N5O. The summed E-state index contributed by atoms with van der Waals surface area (Å²) in [4.78, 5) is 2.00. The van der Waals surface area contributed by atoms with Gasteiger partial charge >= 0.3 is 0 Å². The average molecular weight is 279 g/mol. The average Bonchev–Trinajstić information content (AvgIpc) is 2.87. The molecule has 6 heteroatoms. The highest BCUT2D eigenvalue weighted by molar-refractivity contribution is 5.69. The Kier molecular flexibility index (Phi) is 3.21. The lowest BCUT2D eigenvalue weighted by Crippen LogP contribution is -2.54. The van der Waals surface area contributed by atoms with Crippen LogP contribution in [0.2, 0.25) is 0 Å². The first-order chi connectivity index (χ1) is 10.2. The van der Waals surface area contributed by atoms with Crippen molar-refractivity contribution in [3.63, 3.8) is 0 Å². The molecule has 1 aliphatic heterocycles. The fourth-order valence-corrected chi connectivity index (χ4v) is 2.41. The van der Waals surface area contributed by atoms with Crippen LogP contribution in [0.3, 0.4) is 0 Å². The van der Waals surface area contributed by atoms with Crippen molar-refractivity contribution in [3.8, 4) is 17.9 Å². The molecule has 3 rings (SSSR count). The van der Waals surface area contributed by atoms with Crippen LogP contribution in [0.15, 0.2) is 30.6 Å². The molecule has 0 atom stereocenters. The third-order valence-electron chi connectivity index (χ3n) is 3.43. The molecule has 1 aromatic carbocycles. The number of aryl methyl sites for hydroxylation is 1. The Morgan fingerprint density at radius 3 is 2.43 bits per heavy atom. The first-order valence-electron chi connectivity index (χ1n) is 6.54. The van der Waals surface area contributed by atoms with Crippen molar-refractivity contribution in [1.82, 2.24) is 9.78 Å². The molecule has 1 fully saturated rings. The van der Waals surface area contributed by atoms with E-state index in [-0.39, 0.29) is 6.10 Å². The van der Waals surface area contributed by atoms with Crippen LogP contribution in [0.25, 0.3) is 0 Å². The minimum Gasteiger partial charge on any atom is -0.483 e. The summed E-state index contributed by atoms with van der Waals surface area (Å²) in [6.07, 6.45) is 3.53. The summed E-state index contributed by atoms with van der Waals surface area (Å²) in [5.74, 6) is 0.733. The number of hydrogen-bond acceptors (Lipinski definition) is 5. The Labute approximate surface area is 122 Å². The van der Waals surface area contributed by atoms with Crippen LogP contribution >= 0.6 is 0 Å². The highest BCUT2D eigenvalue weighted by atomic mass is 16.5. The van der Waals surface area contributed by atoms with E-state index in [1.54, 1.807) is 29.1 Å². The van der Waals surface area contributed by atoms with Gasteiger partial charge in [-0.05, 0) is 12.1 Å². The van der Waals surface area contributed by atoms with Crippen LogP contribution < -0.4 is 9.64 Å². The van der Waals surface area contributed by atoms with Gasteiger partial charge in [0.1, 0.15) is 18.2 Å². The zero-order valence-corrected chi connectivity index (χ0v) is 11.5. The van der Waals surface area contributed by atoms with Crippen LogP contribution in [-0.4, -0.2) is 29.0 Å². The SMILES string of the molecule is Cn1cc(OC2CN(c3c(C#N)cccc3C#N)C2)cn1. The molecule has 0 unspecified atom stereocenters. The third kappa shape index (κ3) is 2.39. The fraction of sp³-hybridized carbons (Fsp3) is 0.267. The molecule has 0 spiro atoms. The third-order valence-corrected chi connectivity index (χ3v) is 3.43. The van der Waals surface area contributed by atoms with E-state index in [0.717, 1.165) is 5.75 Å². The number of rotatable bonds is 3. The van der Waals surface area contributed by atoms with Gasteiger partial charge in [-0.25, -0.2) is 0 Å². The second kappa shape index (κ2) is 5.18. The normalized spacial score (nSPS) is 14.1. The molecule has 1 aromatic heterocycles. The van der Waals surface area contributed by atoms with E-state index in [9.17, 15) is 10.5 Å². The molecule has 21 heavy (non-hydrogen) atoms. The molecule has 0 bridgehead atoms. The van der Waals surface area contributed by atoms with Crippen molar-refractivity contribution in [2.75, 3.05) is 18.0 Å². The molecule has 2 aromatic rings. The van der Waals surface area contributed by atoms with Crippen LogP contribution in [0.5, 0.6) is 5.75 Å². The van der Waals surface area contributed by atoms with Crippen molar-refractivity contribution in [2.24, 2.45) is 7.05 Å². The Balaban J connectivity index is 1.72. The monoisotopic (exact) mass is 279 g/mol. The Hall–Kier alpha value is -2.99. The number of para-hydroxylation sites is 1. The van der Waals surface area contributed by atoms with Gasteiger partial charge in [-0.15, -0.1) is 0 Å². The Morgan fingerprint density at radius 2 is 1.90 bits per heavy atom. The molecule has 6 nitrogen and oxygen atoms in total. The van der Waals surface area contributed by atoms with Gasteiger partial charge in [0.05, 0.1) is 42.3 Å². The zero-order chi connectivity index (χ0) is 14.8. The predicted molar refractivity (Wildman–Crippen MR) is 75.7 cm³/mol. The summed E-state index contributed by atoms with van der Waals surface area (Å²) in [6, 6.07) is 9.46. The summed E-state index contributed by atoms with van der Waals surface area (Å²) in [5, 5.41) is 22.4. The van der Waals surface area contributed by atoms with Gasteiger partial charge in [0.2, 0.25) is 0 Å². The van der Waals surface area contributed by atoms with Crippen molar-refractivity contribution in [1.29, 1.82) is 10.5 Å². The molecular weight excluding hydrogens is 266 g/mol. The van der Waals surface area contributed by atoms with E-state index >= 15 is 0 Å². The highest BCUT2D eigenvalue weighted by Gasteiger charge is 2.31. The first kappa shape index (κ1) is 13.0. The standard InChI is InChI=1S/C15H13N5O/c1-19-8-13(7-18-19)21-14-9-20(10-14)15-11(5-16)3-2-4-12(15)6-17/h2-4,7-8,14H,9-10H2,1H3. The zero-order valence-electron chi connectivity index (χ0n) is 11.5. The van der Waals surface area contributed by atoms with Gasteiger partial charge in [-0.2, -0.15) is 15.6 Å². The summed E-state index contributed by atoms with van der Waals surface area (Å²) in [6.45, 7) is 1.31. The van der Waals surface area contributed by atoms with Crippen molar-refractivity contribution in [2.45, 2.75) is 6.10 Å². The smallest absolute Gasteiger partial charge is 0.157 e. The van der Waals surface area contributed by atoms with Gasteiger partial charge in [-0.3, -0.25) is 4.68 Å². The molecule has 2 heterocycles. The topological polar surface area (TPSA) is 77.9 Å². The van der Waals surface area contributed by atoms with Crippen LogP contribution in [0.1, 0.15) is 11.1 Å². The number of nitrogens with zero attached hydrogens (tertiary/aromatic N) is 5. The molecule has 104 valence electrons. The van der Waals surface area contributed by atoms with E-state index in [1.807, 2.05) is 18.1 Å². The van der Waals surface area contributed by atoms with Gasteiger partial charge < -0.3 is 9.64 Å². The summed E-state index contributed by atoms with van der Waals surface area (Å²) in [5.41, 5.74) is 1.75. The summed E-state index contributed by atoms with van der Waals surface area (Å²) in [7, 11) is 1.84. The molecule has 0 radical (unpaired) electrons. The van der Waals surface area contributed by atoms with Gasteiger partial charge in [-0.1, -0.05) is 6.07 Å². The number of anilines is 1. The molecule has 1 saturated heterocycles. The number of benzene rings is 1. The largest absolute Gasteiger partial charge is 0.483 e. The maximum Gasteiger partial charge on any atom is 0.157 e. The summed E-state index contributed by atoms with van der Waals surface area (Å²) < 4.78 is 7.46. The van der Waals surface area contributed by atoms with E-state index < -0.39 is 0 Å². The van der Waals surface area contributed by atoms with Crippen molar-refractivity contribution < 1.29 is 4.74 Å². The highest BCUT2D eigenvalue weighted by Crippen LogP contribution is 2.30. The van der Waals surface area contributed by atoms with E-state index in [2.05, 4.69) is 17.2 Å². The molecule has 0 aliphatic carbocycles. The van der Waals surface area contributed by atoms with Gasteiger partial charge in [0, 0.05) is 7.05 Å². The van der Waals surface area contributed by atoms with Crippen LogP contribution in [0.4, 0.5) is 5.69 Å². The Bertz CT molecular complexity index is 714. The van der Waals surface area contributed by atoms with Gasteiger partial charge in [0.25, 0.3) is 0 Å². The molecule has 1 aliphatic rings. The second-order valence-electron chi connectivity index (χ2n) is 4.92. The quantitative estimate of drug-likeness (QED) is 0.849. The first-order valence-corrected chi connectivity index (χ1v) is 6.54. The van der Waals surface area contributed by atoms with Crippen molar-refractivity contribution in [3.05, 3.63) is 41.7 Å². The van der Waals surface area contributed by atoms with E-state index in [4.69, 9.17) is 4.74 Å². The second-order valence-corrected chi connectivity index (χ2v) is 4.92. The predicted octanol–water partition coefficient (Wildman–Crippen LogP) is 1.43. The number of hydrogen-bond donors (Lipinski definition) is 0. The maximum atomic E-state index is 9.18. The lowest BCUT2D eigenvalue weighted by molar-refractivity contribution is 0.167. The number of ether oxygens (including phenoxy) is 1. The molecule has 0 N–H and O–H groups in total. The minimum absolute atomic E-state index is 0.0486. The van der Waals surface area contributed by atoms with E-state index in [1.165, 1.54) is 0 Å². The lowest BCUT2D eigenvalue weighted by atomic mass is 10.0. The lowest BCUT2D eigenvalue weighted by Gasteiger charge is -2.41. The Morgan fingerprint density at radius 1 is 1.24 bits per heavy atom. The van der Waals surface area contributed by atoms with E-state index in [0.29, 0.717) is 29.9 Å². The molecule has 0 saturated carbocycles. The van der Waals surface area contributed by atoms with Crippen molar-refractivity contribution >= 4 is 5.69 Å². The maximum absolute atomic E-state index is 9.18. The van der Waals surface area contributed by atoms with Crippen LogP contribution in [0, 0.1) is 22.7 Å². The minimum atomic E-state index is 0.0486. The van der Waals surface area contributed by atoms with Crippen LogP contribution in [-0.2, 0) is 7.05 Å². The number of nitriles is 2. The fourth-order valence-electron chi connectivity index (χ4n) is 2.41. The van der Waals surface area contributed by atoms with Gasteiger partial charge in [0.15, 0.2) is 5.75 Å². The number of aromatic nitrogens is 2.